The first-order chi connectivity index (χ1) is 38.3. The monoisotopic (exact) mass is 1030 g/mol. The number of benzene rings is 9. The molecule has 4 atom stereocenters. The van der Waals surface area contributed by atoms with Crippen LogP contribution in [0.5, 0.6) is 0 Å². The predicted molar refractivity (Wildman–Crippen MR) is 336 cm³/mol. The largest absolute Gasteiger partial charge is 0.334 e. The molecular weight excluding hydrogens is 956 g/mol. The highest BCUT2D eigenvalue weighted by molar-refractivity contribution is 7.00. The molecule has 6 aliphatic rings. The third-order valence-corrected chi connectivity index (χ3v) is 20.9. The van der Waals surface area contributed by atoms with Gasteiger partial charge in [0, 0.05) is 67.7 Å². The average molecular weight is 1030 g/mol. The number of nitrogens with zero attached hydrogens (tertiary/aromatic N) is 4. The van der Waals surface area contributed by atoms with Crippen molar-refractivity contribution in [2.75, 3.05) is 19.6 Å². The van der Waals surface area contributed by atoms with Crippen molar-refractivity contribution in [3.8, 4) is 22.3 Å². The standard InChI is InChI=1S/C74H71BN4/c1-70(2,3)54-33-37-56(38-34-54)77-66-47-57(78-63-28-16-14-26-59(63)71(4)42-18-20-44-73(71,78)6)39-40-61(66)75-62-46-53(51-24-12-9-13-25-51)32-41-65(62)76(55-35-30-52(31-36-55)50-22-10-8-11-23-50)67-48-58(49-68(77)69(67)75)79-64-29-17-15-27-60(64)72(5)43-19-21-45-74(72,79)7/h8-17,22-41,46-49H,18-21,42-45H2,1-7H3. The van der Waals surface area contributed by atoms with Crippen molar-refractivity contribution in [2.24, 2.45) is 0 Å². The number of hydrogen-bond acceptors (Lipinski definition) is 4. The molecule has 0 aromatic heterocycles. The van der Waals surface area contributed by atoms with E-state index < -0.39 is 0 Å². The Morgan fingerprint density at radius 2 is 0.797 bits per heavy atom. The molecule has 2 aliphatic carbocycles. The van der Waals surface area contributed by atoms with E-state index in [-0.39, 0.29) is 34.0 Å². The quantitative estimate of drug-likeness (QED) is 0.154. The fraction of sp³-hybridized carbons (Fsp3) is 0.270. The highest BCUT2D eigenvalue weighted by Gasteiger charge is 2.59. The van der Waals surface area contributed by atoms with Crippen molar-refractivity contribution >= 4 is 80.0 Å². The van der Waals surface area contributed by atoms with E-state index in [0.717, 1.165) is 18.5 Å². The highest BCUT2D eigenvalue weighted by atomic mass is 15.3. The molecule has 4 unspecified atom stereocenters. The van der Waals surface area contributed by atoms with Crippen molar-refractivity contribution in [1.29, 1.82) is 0 Å². The second kappa shape index (κ2) is 17.4. The maximum atomic E-state index is 2.80. The summed E-state index contributed by atoms with van der Waals surface area (Å²) in [5.74, 6) is 0. The zero-order chi connectivity index (χ0) is 53.6. The molecular formula is C74H71BN4. The van der Waals surface area contributed by atoms with Crippen molar-refractivity contribution in [3.05, 3.63) is 223 Å². The molecule has 5 heteroatoms. The Bertz CT molecular complexity index is 3880. The Balaban J connectivity index is 1.04. The summed E-state index contributed by atoms with van der Waals surface area (Å²) >= 11 is 0. The molecule has 390 valence electrons. The SMILES string of the molecule is CC(C)(C)c1ccc(N2c3cc(N4c5ccccc5C5(C)CCCCC45C)ccc3B3c4cc(-c5ccccc5)ccc4N(c4ccc(-c5ccccc5)cc4)c4cc(N5c6ccccc6C6(C)CCCCC56C)cc2c43)cc1. The second-order valence-corrected chi connectivity index (χ2v) is 25.9. The summed E-state index contributed by atoms with van der Waals surface area (Å²) in [6, 6.07) is 79.7. The van der Waals surface area contributed by atoms with Gasteiger partial charge in [-0.1, -0.05) is 200 Å². The zero-order valence-electron chi connectivity index (χ0n) is 47.2. The number of hydrogen-bond donors (Lipinski definition) is 0. The van der Waals surface area contributed by atoms with Gasteiger partial charge >= 0.3 is 0 Å². The van der Waals surface area contributed by atoms with Crippen molar-refractivity contribution < 1.29 is 0 Å². The van der Waals surface area contributed by atoms with Gasteiger partial charge in [0.05, 0.1) is 11.1 Å². The van der Waals surface area contributed by atoms with Crippen LogP contribution in [0.3, 0.4) is 0 Å². The van der Waals surface area contributed by atoms with Gasteiger partial charge in [-0.15, -0.1) is 0 Å². The average Bonchev–Trinajstić information content (AvgIpc) is 3.70. The molecule has 9 aromatic carbocycles. The number of rotatable bonds is 6. The van der Waals surface area contributed by atoms with Gasteiger partial charge in [0.2, 0.25) is 0 Å². The first-order valence-corrected chi connectivity index (χ1v) is 29.5. The summed E-state index contributed by atoms with van der Waals surface area (Å²) in [6.07, 6.45) is 9.61. The van der Waals surface area contributed by atoms with Gasteiger partial charge in [0.25, 0.3) is 6.71 Å². The van der Waals surface area contributed by atoms with Crippen LogP contribution >= 0.6 is 0 Å². The van der Waals surface area contributed by atoms with Gasteiger partial charge in [-0.05, 0) is 167 Å². The molecule has 0 spiro atoms. The molecule has 15 rings (SSSR count). The van der Waals surface area contributed by atoms with E-state index in [1.54, 1.807) is 0 Å². The molecule has 4 aliphatic heterocycles. The van der Waals surface area contributed by atoms with Gasteiger partial charge < -0.3 is 19.6 Å². The van der Waals surface area contributed by atoms with Crippen molar-refractivity contribution in [3.63, 3.8) is 0 Å². The summed E-state index contributed by atoms with van der Waals surface area (Å²) in [5, 5.41) is 0. The molecule has 0 bridgehead atoms. The topological polar surface area (TPSA) is 13.0 Å². The minimum atomic E-state index is -0.140. The number of anilines is 10. The maximum Gasteiger partial charge on any atom is 0.252 e. The molecule has 9 aromatic rings. The molecule has 0 amide bonds. The molecule has 4 nitrogen and oxygen atoms in total. The van der Waals surface area contributed by atoms with Crippen LogP contribution in [0.15, 0.2) is 206 Å². The van der Waals surface area contributed by atoms with E-state index >= 15 is 0 Å². The second-order valence-electron chi connectivity index (χ2n) is 25.9. The first kappa shape index (κ1) is 48.4. The minimum Gasteiger partial charge on any atom is -0.334 e. The van der Waals surface area contributed by atoms with E-state index in [1.165, 1.54) is 145 Å². The van der Waals surface area contributed by atoms with E-state index in [4.69, 9.17) is 0 Å². The lowest BCUT2D eigenvalue weighted by Crippen LogP contribution is -2.61. The Morgan fingerprint density at radius 1 is 0.354 bits per heavy atom. The van der Waals surface area contributed by atoms with Crippen LogP contribution in [0.25, 0.3) is 22.3 Å². The summed E-state index contributed by atoms with van der Waals surface area (Å²) in [5.41, 5.74) is 25.5. The first-order valence-electron chi connectivity index (χ1n) is 29.5. The van der Waals surface area contributed by atoms with Gasteiger partial charge in [0.1, 0.15) is 0 Å². The minimum absolute atomic E-state index is 0.00286. The fourth-order valence-electron chi connectivity index (χ4n) is 16.4. The van der Waals surface area contributed by atoms with E-state index in [1.807, 2.05) is 0 Å². The molecule has 0 N–H and O–H groups in total. The summed E-state index contributed by atoms with van der Waals surface area (Å²) in [4.78, 5) is 10.9. The lowest BCUT2D eigenvalue weighted by molar-refractivity contribution is 0.195. The normalized spacial score (nSPS) is 23.3. The molecule has 4 heterocycles. The Kier molecular flexibility index (Phi) is 10.6. The van der Waals surface area contributed by atoms with Gasteiger partial charge in [0.15, 0.2) is 0 Å². The lowest BCUT2D eigenvalue weighted by Gasteiger charge is -2.51. The molecule has 2 saturated carbocycles. The van der Waals surface area contributed by atoms with Crippen molar-refractivity contribution in [2.45, 2.75) is 127 Å². The van der Waals surface area contributed by atoms with Crippen LogP contribution in [-0.2, 0) is 16.2 Å². The smallest absolute Gasteiger partial charge is 0.252 e. The molecule has 0 saturated heterocycles. The predicted octanol–water partition coefficient (Wildman–Crippen LogP) is 17.9. The van der Waals surface area contributed by atoms with Crippen LogP contribution in [0.4, 0.5) is 56.9 Å². The van der Waals surface area contributed by atoms with Crippen LogP contribution in [0.2, 0.25) is 0 Å². The van der Waals surface area contributed by atoms with Gasteiger partial charge in [-0.25, -0.2) is 0 Å². The van der Waals surface area contributed by atoms with Crippen LogP contribution < -0.4 is 36.0 Å². The maximum absolute atomic E-state index is 2.80. The highest BCUT2D eigenvalue weighted by Crippen LogP contribution is 2.63. The van der Waals surface area contributed by atoms with Gasteiger partial charge in [-0.3, -0.25) is 0 Å². The Labute approximate surface area is 469 Å². The molecule has 0 radical (unpaired) electrons. The van der Waals surface area contributed by atoms with E-state index in [0.29, 0.717) is 0 Å². The van der Waals surface area contributed by atoms with E-state index in [9.17, 15) is 0 Å². The number of fused-ring (bicyclic) bond motifs is 10. The van der Waals surface area contributed by atoms with Crippen LogP contribution in [-0.4, -0.2) is 17.8 Å². The summed E-state index contributed by atoms with van der Waals surface area (Å²) < 4.78 is 0. The van der Waals surface area contributed by atoms with Crippen LogP contribution in [0, 0.1) is 0 Å². The fourth-order valence-corrected chi connectivity index (χ4v) is 16.4. The molecule has 79 heavy (non-hydrogen) atoms. The third-order valence-electron chi connectivity index (χ3n) is 20.9. The summed E-state index contributed by atoms with van der Waals surface area (Å²) in [7, 11) is 0. The zero-order valence-corrected chi connectivity index (χ0v) is 47.2. The molecule has 2 fully saturated rings. The Hall–Kier alpha value is -7.76. The van der Waals surface area contributed by atoms with E-state index in [2.05, 4.69) is 274 Å². The van der Waals surface area contributed by atoms with Crippen LogP contribution in [0.1, 0.15) is 117 Å². The number of para-hydroxylation sites is 2. The van der Waals surface area contributed by atoms with Crippen molar-refractivity contribution in [1.82, 2.24) is 0 Å². The summed E-state index contributed by atoms with van der Waals surface area (Å²) in [6.45, 7) is 17.2. The third kappa shape index (κ3) is 6.87. The lowest BCUT2D eigenvalue weighted by atomic mass is 9.33. The Morgan fingerprint density at radius 3 is 1.37 bits per heavy atom. The van der Waals surface area contributed by atoms with Gasteiger partial charge in [-0.2, -0.15) is 0 Å².